The van der Waals surface area contributed by atoms with E-state index in [-0.39, 0.29) is 23.8 Å². The summed E-state index contributed by atoms with van der Waals surface area (Å²) in [5.41, 5.74) is 7.43. The van der Waals surface area contributed by atoms with Crippen molar-refractivity contribution in [1.29, 1.82) is 15.8 Å². The zero-order chi connectivity index (χ0) is 24.3. The fourth-order valence-electron chi connectivity index (χ4n) is 5.05. The van der Waals surface area contributed by atoms with E-state index in [1.807, 2.05) is 24.3 Å². The predicted octanol–water partition coefficient (Wildman–Crippen LogP) is 5.52. The molecule has 170 valence electrons. The first kappa shape index (κ1) is 23.2. The second-order valence-corrected chi connectivity index (χ2v) is 8.86. The first-order valence-corrected chi connectivity index (χ1v) is 11.3. The fourth-order valence-corrected chi connectivity index (χ4v) is 5.17. The Morgan fingerprint density at radius 1 is 1.12 bits per heavy atom. The summed E-state index contributed by atoms with van der Waals surface area (Å²) in [6.07, 6.45) is 4.55. The lowest BCUT2D eigenvalue weighted by molar-refractivity contribution is 0.294. The summed E-state index contributed by atoms with van der Waals surface area (Å²) >= 11 is 5.96. The zero-order valence-electron chi connectivity index (χ0n) is 18.7. The number of benzene rings is 2. The van der Waals surface area contributed by atoms with Crippen LogP contribution < -0.4 is 15.2 Å². The highest BCUT2D eigenvalue weighted by atomic mass is 35.5. The van der Waals surface area contributed by atoms with Crippen LogP contribution in [0.1, 0.15) is 36.3 Å². The van der Waals surface area contributed by atoms with Crippen LogP contribution in [0, 0.1) is 45.3 Å². The molecule has 2 aliphatic carbocycles. The molecule has 7 heteroatoms. The molecule has 0 aromatic heterocycles. The highest BCUT2D eigenvalue weighted by Crippen LogP contribution is 2.56. The van der Waals surface area contributed by atoms with Crippen molar-refractivity contribution in [3.05, 3.63) is 81.5 Å². The summed E-state index contributed by atoms with van der Waals surface area (Å²) in [5, 5.41) is 30.8. The van der Waals surface area contributed by atoms with Crippen molar-refractivity contribution in [2.24, 2.45) is 17.1 Å². The van der Waals surface area contributed by atoms with E-state index in [1.165, 1.54) is 0 Å². The molecule has 2 aromatic rings. The second kappa shape index (κ2) is 9.52. The Morgan fingerprint density at radius 2 is 1.85 bits per heavy atom. The first-order valence-electron chi connectivity index (χ1n) is 11.0. The molecule has 4 rings (SSSR count). The van der Waals surface area contributed by atoms with Gasteiger partial charge in [-0.05, 0) is 72.7 Å². The van der Waals surface area contributed by atoms with Crippen molar-refractivity contribution in [1.82, 2.24) is 0 Å². The van der Waals surface area contributed by atoms with Gasteiger partial charge < -0.3 is 15.2 Å². The Balaban J connectivity index is 1.80. The molecule has 0 unspecified atom stereocenters. The van der Waals surface area contributed by atoms with Gasteiger partial charge >= 0.3 is 0 Å². The number of nitrogens with two attached hydrogens (primary N) is 1. The minimum absolute atomic E-state index is 0.0317. The summed E-state index contributed by atoms with van der Waals surface area (Å²) in [6.45, 7) is 0.222. The van der Waals surface area contributed by atoms with Crippen molar-refractivity contribution >= 4 is 11.6 Å². The van der Waals surface area contributed by atoms with Crippen LogP contribution in [0.4, 0.5) is 0 Å². The first-order chi connectivity index (χ1) is 16.5. The number of fused-ring (bicyclic) bond motifs is 1. The standard InChI is InChI=1S/C27H23ClN4O2/c1-33-24-11-6-17(12-18(24)14-34-20-9-7-19(28)8-10-20)25-22-5-3-2-4-21(22)23(13-29)26(32)27(25,15-30)16-31/h4,6-12,22,25H,2-3,5,14,32H2,1H3/t22-,25+/m0/s1. The lowest BCUT2D eigenvalue weighted by atomic mass is 9.56. The van der Waals surface area contributed by atoms with E-state index in [9.17, 15) is 15.8 Å². The maximum absolute atomic E-state index is 10.2. The lowest BCUT2D eigenvalue weighted by Gasteiger charge is -2.43. The van der Waals surface area contributed by atoms with E-state index < -0.39 is 11.3 Å². The molecule has 34 heavy (non-hydrogen) atoms. The molecule has 0 saturated heterocycles. The Bertz CT molecular complexity index is 1280. The van der Waals surface area contributed by atoms with Crippen LogP contribution in [-0.4, -0.2) is 7.11 Å². The van der Waals surface area contributed by atoms with E-state index >= 15 is 0 Å². The van der Waals surface area contributed by atoms with Crippen molar-refractivity contribution < 1.29 is 9.47 Å². The van der Waals surface area contributed by atoms with E-state index in [0.717, 1.165) is 36.0 Å². The Hall–Kier alpha value is -3.92. The molecule has 6 nitrogen and oxygen atoms in total. The normalized spacial score (nSPS) is 20.7. The number of ether oxygens (including phenoxy) is 2. The molecule has 0 amide bonds. The van der Waals surface area contributed by atoms with Gasteiger partial charge in [0.1, 0.15) is 24.2 Å². The number of methoxy groups -OCH3 is 1. The monoisotopic (exact) mass is 470 g/mol. The number of nitrogens with zero attached hydrogens (tertiary/aromatic N) is 3. The van der Waals surface area contributed by atoms with Gasteiger partial charge in [0.25, 0.3) is 0 Å². The average Bonchev–Trinajstić information content (AvgIpc) is 2.87. The third-order valence-electron chi connectivity index (χ3n) is 6.67. The molecule has 0 heterocycles. The van der Waals surface area contributed by atoms with Gasteiger partial charge in [0, 0.05) is 16.5 Å². The third kappa shape index (κ3) is 3.86. The van der Waals surface area contributed by atoms with Gasteiger partial charge in [0.15, 0.2) is 5.41 Å². The summed E-state index contributed by atoms with van der Waals surface area (Å²) in [4.78, 5) is 0. The maximum Gasteiger partial charge on any atom is 0.191 e. The van der Waals surface area contributed by atoms with Crippen LogP contribution in [0.5, 0.6) is 11.5 Å². The van der Waals surface area contributed by atoms with Crippen LogP contribution >= 0.6 is 11.6 Å². The SMILES string of the molecule is COc1ccc([C@@H]2[C@H]3CCCC=C3C(C#N)=C(N)C2(C#N)C#N)cc1COc1ccc(Cl)cc1. The van der Waals surface area contributed by atoms with Crippen LogP contribution in [0.15, 0.2) is 65.4 Å². The quantitative estimate of drug-likeness (QED) is 0.614. The van der Waals surface area contributed by atoms with E-state index in [4.69, 9.17) is 26.8 Å². The largest absolute Gasteiger partial charge is 0.496 e. The van der Waals surface area contributed by atoms with Gasteiger partial charge in [0.2, 0.25) is 0 Å². The minimum Gasteiger partial charge on any atom is -0.496 e. The molecule has 0 saturated carbocycles. The van der Waals surface area contributed by atoms with Gasteiger partial charge in [-0.15, -0.1) is 0 Å². The summed E-state index contributed by atoms with van der Waals surface area (Å²) in [6, 6.07) is 19.2. The number of nitriles is 3. The van der Waals surface area contributed by atoms with Gasteiger partial charge in [-0.3, -0.25) is 0 Å². The van der Waals surface area contributed by atoms with Crippen LogP contribution in [0.2, 0.25) is 5.02 Å². The van der Waals surface area contributed by atoms with Gasteiger partial charge in [-0.25, -0.2) is 0 Å². The molecular formula is C27H23ClN4O2. The molecule has 0 spiro atoms. The second-order valence-electron chi connectivity index (χ2n) is 8.42. The predicted molar refractivity (Wildman–Crippen MR) is 127 cm³/mol. The van der Waals surface area contributed by atoms with Crippen molar-refractivity contribution in [2.75, 3.05) is 7.11 Å². The summed E-state index contributed by atoms with van der Waals surface area (Å²) in [7, 11) is 1.58. The molecular weight excluding hydrogens is 448 g/mol. The fraction of sp³-hybridized carbons (Fsp3) is 0.296. The van der Waals surface area contributed by atoms with Crippen LogP contribution in [-0.2, 0) is 6.61 Å². The lowest BCUT2D eigenvalue weighted by Crippen LogP contribution is -2.42. The summed E-state index contributed by atoms with van der Waals surface area (Å²) in [5.74, 6) is 0.606. The highest BCUT2D eigenvalue weighted by Gasteiger charge is 2.53. The van der Waals surface area contributed by atoms with Gasteiger partial charge in [0.05, 0.1) is 30.5 Å². The number of allylic oxidation sites excluding steroid dienone is 4. The average molecular weight is 471 g/mol. The zero-order valence-corrected chi connectivity index (χ0v) is 19.5. The molecule has 2 atom stereocenters. The van der Waals surface area contributed by atoms with Crippen molar-refractivity contribution in [2.45, 2.75) is 31.8 Å². The summed E-state index contributed by atoms with van der Waals surface area (Å²) < 4.78 is 11.5. The number of halogens is 1. The van der Waals surface area contributed by atoms with E-state index in [2.05, 4.69) is 18.2 Å². The van der Waals surface area contributed by atoms with Crippen molar-refractivity contribution in [3.8, 4) is 29.7 Å². The molecule has 0 radical (unpaired) electrons. The van der Waals surface area contributed by atoms with Gasteiger partial charge in [-0.2, -0.15) is 15.8 Å². The van der Waals surface area contributed by atoms with Crippen molar-refractivity contribution in [3.63, 3.8) is 0 Å². The maximum atomic E-state index is 10.2. The van der Waals surface area contributed by atoms with E-state index in [1.54, 1.807) is 31.4 Å². The smallest absolute Gasteiger partial charge is 0.191 e. The Labute approximate surface area is 204 Å². The van der Waals surface area contributed by atoms with E-state index in [0.29, 0.717) is 16.5 Å². The third-order valence-corrected chi connectivity index (χ3v) is 6.92. The number of hydrogen-bond donors (Lipinski definition) is 1. The number of hydrogen-bond acceptors (Lipinski definition) is 6. The van der Waals surface area contributed by atoms with Crippen LogP contribution in [0.3, 0.4) is 0 Å². The highest BCUT2D eigenvalue weighted by molar-refractivity contribution is 6.30. The molecule has 2 aromatic carbocycles. The molecule has 2 N–H and O–H groups in total. The molecule has 0 bridgehead atoms. The Morgan fingerprint density at radius 3 is 2.50 bits per heavy atom. The molecule has 0 aliphatic heterocycles. The molecule has 2 aliphatic rings. The number of rotatable bonds is 5. The van der Waals surface area contributed by atoms with Gasteiger partial charge in [-0.1, -0.05) is 23.7 Å². The minimum atomic E-state index is -1.65. The van der Waals surface area contributed by atoms with Crippen LogP contribution in [0.25, 0.3) is 0 Å². The topological polar surface area (TPSA) is 116 Å². The Kier molecular flexibility index (Phi) is 6.51. The molecule has 0 fully saturated rings.